The van der Waals surface area contributed by atoms with Crippen molar-refractivity contribution in [1.29, 1.82) is 0 Å². The maximum atomic E-state index is 13.0. The number of cyclic esters (lactones) is 1. The molecule has 37 heavy (non-hydrogen) atoms. The predicted molar refractivity (Wildman–Crippen MR) is 129 cm³/mol. The number of aliphatic carboxylic acids is 1. The monoisotopic (exact) mass is 537 g/mol. The average molecular weight is 538 g/mol. The molecule has 1 aromatic heterocycles. The molecule has 2 aliphatic rings. The van der Waals surface area contributed by atoms with E-state index in [4.69, 9.17) is 9.84 Å². The number of rotatable bonds is 7. The number of esters is 1. The van der Waals surface area contributed by atoms with Crippen LogP contribution in [0, 0.1) is 0 Å². The lowest BCUT2D eigenvalue weighted by Gasteiger charge is -2.25. The van der Waals surface area contributed by atoms with Gasteiger partial charge in [-0.3, -0.25) is 28.8 Å². The number of hydrogen-bond donors (Lipinski definition) is 5. The number of unbranched alkanes of at least 4 members (excludes halogenated alkanes) is 1. The minimum atomic E-state index is -1.15. The summed E-state index contributed by atoms with van der Waals surface area (Å²) in [6, 6.07) is -2.05. The minimum absolute atomic E-state index is 0.0647. The van der Waals surface area contributed by atoms with Crippen molar-refractivity contribution in [3.63, 3.8) is 0 Å². The Morgan fingerprint density at radius 3 is 2.57 bits per heavy atom. The van der Waals surface area contributed by atoms with E-state index in [2.05, 4.69) is 26.3 Å². The summed E-state index contributed by atoms with van der Waals surface area (Å²) in [5.41, 5.74) is 1.01. The molecule has 0 radical (unpaired) electrons. The highest BCUT2D eigenvalue weighted by atomic mass is 32.1. The molecule has 1 saturated heterocycles. The molecule has 3 atom stereocenters. The molecule has 14 heteroatoms. The maximum absolute atomic E-state index is 13.0. The third kappa shape index (κ3) is 8.51. The van der Waals surface area contributed by atoms with E-state index in [0.717, 1.165) is 0 Å². The third-order valence-electron chi connectivity index (χ3n) is 6.12. The Bertz CT molecular complexity index is 1030. The molecule has 0 unspecified atom stereocenters. The summed E-state index contributed by atoms with van der Waals surface area (Å²) in [5, 5.41) is 20.9. The molecule has 1 saturated carbocycles. The molecule has 4 amide bonds. The molecule has 0 aromatic carbocycles. The highest BCUT2D eigenvalue weighted by Gasteiger charge is 2.51. The molecular weight excluding hydrogens is 506 g/mol. The lowest BCUT2D eigenvalue weighted by molar-refractivity contribution is -0.151. The summed E-state index contributed by atoms with van der Waals surface area (Å²) >= 11 is 1.33. The Balaban J connectivity index is 1.78. The number of nitrogens with zero attached hydrogens (tertiary/aromatic N) is 1. The molecule has 1 spiro atoms. The fourth-order valence-corrected chi connectivity index (χ4v) is 4.45. The van der Waals surface area contributed by atoms with Crippen LogP contribution in [0.25, 0.3) is 0 Å². The van der Waals surface area contributed by atoms with Gasteiger partial charge in [0.2, 0.25) is 23.6 Å². The minimum Gasteiger partial charge on any atom is -0.481 e. The van der Waals surface area contributed by atoms with Crippen molar-refractivity contribution in [2.45, 2.75) is 82.0 Å². The molecule has 1 aliphatic heterocycles. The van der Waals surface area contributed by atoms with Crippen LogP contribution in [0.2, 0.25) is 0 Å². The average Bonchev–Trinajstić information content (AvgIpc) is 3.43. The molecule has 13 nitrogen and oxygen atoms in total. The van der Waals surface area contributed by atoms with Crippen molar-refractivity contribution in [2.24, 2.45) is 0 Å². The van der Waals surface area contributed by atoms with Gasteiger partial charge >= 0.3 is 11.9 Å². The second-order valence-electron chi connectivity index (χ2n) is 9.24. The first-order valence-corrected chi connectivity index (χ1v) is 13.0. The molecule has 2 fully saturated rings. The first-order valence-electron chi connectivity index (χ1n) is 12.1. The Labute approximate surface area is 217 Å². The summed E-state index contributed by atoms with van der Waals surface area (Å²) in [4.78, 5) is 78.6. The fourth-order valence-electron chi connectivity index (χ4n) is 3.87. The van der Waals surface area contributed by atoms with Gasteiger partial charge in [-0.05, 0) is 39.0 Å². The van der Waals surface area contributed by atoms with Gasteiger partial charge < -0.3 is 31.1 Å². The van der Waals surface area contributed by atoms with E-state index in [-0.39, 0.29) is 25.7 Å². The number of hydrogen-bond acceptors (Lipinski definition) is 9. The van der Waals surface area contributed by atoms with E-state index in [9.17, 15) is 28.8 Å². The topological polar surface area (TPSA) is 193 Å². The van der Waals surface area contributed by atoms with Crippen LogP contribution in [0.3, 0.4) is 0 Å². The number of carbonyl (C=O) groups is 6. The SMILES string of the molecule is C[C@H]1NC(=O)[C@@H](Cc2cscn2)NC(=O)C[C@@H](CCCCC(=O)O)OC(=O)CNC(=O)C2(CC2)NC1=O. The summed E-state index contributed by atoms with van der Waals surface area (Å²) < 4.78 is 5.41. The Hall–Kier alpha value is -3.55. The zero-order chi connectivity index (χ0) is 27.0. The highest BCUT2D eigenvalue weighted by Crippen LogP contribution is 2.35. The third-order valence-corrected chi connectivity index (χ3v) is 6.75. The summed E-state index contributed by atoms with van der Waals surface area (Å²) in [6.45, 7) is 1.01. The van der Waals surface area contributed by atoms with E-state index >= 15 is 0 Å². The van der Waals surface area contributed by atoms with Gasteiger partial charge in [0.05, 0.1) is 17.6 Å². The van der Waals surface area contributed by atoms with Gasteiger partial charge in [0.25, 0.3) is 0 Å². The van der Waals surface area contributed by atoms with Crippen LogP contribution in [0.4, 0.5) is 0 Å². The predicted octanol–water partition coefficient (Wildman–Crippen LogP) is -0.599. The van der Waals surface area contributed by atoms with Crippen molar-refractivity contribution in [3.8, 4) is 0 Å². The van der Waals surface area contributed by atoms with Gasteiger partial charge in [-0.2, -0.15) is 0 Å². The standard InChI is InChI=1S/C23H31N5O8S/c1-13-20(33)28-23(6-7-23)22(35)24-10-19(32)36-15(4-2-3-5-18(30)31)9-17(29)27-16(21(34)26-13)8-14-11-37-12-25-14/h11-13,15-16H,2-10H2,1H3,(H,24,35)(H,26,34)(H,27,29)(H,28,33)(H,30,31)/t13-,15-,16-/m1/s1. The molecule has 2 heterocycles. The Kier molecular flexibility index (Phi) is 9.55. The fraction of sp³-hybridized carbons (Fsp3) is 0.609. The lowest BCUT2D eigenvalue weighted by Crippen LogP contribution is -2.57. The van der Waals surface area contributed by atoms with Crippen LogP contribution in [0.15, 0.2) is 10.9 Å². The van der Waals surface area contributed by atoms with E-state index < -0.39 is 65.8 Å². The van der Waals surface area contributed by atoms with Gasteiger partial charge in [0, 0.05) is 18.2 Å². The number of amides is 4. The highest BCUT2D eigenvalue weighted by molar-refractivity contribution is 7.07. The Morgan fingerprint density at radius 2 is 1.92 bits per heavy atom. The molecule has 3 rings (SSSR count). The normalized spacial score (nSPS) is 24.9. The molecule has 5 N–H and O–H groups in total. The van der Waals surface area contributed by atoms with E-state index in [0.29, 0.717) is 31.4 Å². The van der Waals surface area contributed by atoms with Crippen molar-refractivity contribution in [3.05, 3.63) is 16.6 Å². The van der Waals surface area contributed by atoms with Crippen LogP contribution < -0.4 is 21.3 Å². The number of nitrogens with one attached hydrogen (secondary N) is 4. The van der Waals surface area contributed by atoms with Gasteiger partial charge in [0.1, 0.15) is 30.3 Å². The first-order chi connectivity index (χ1) is 17.6. The zero-order valence-electron chi connectivity index (χ0n) is 20.4. The van der Waals surface area contributed by atoms with Crippen molar-refractivity contribution >= 4 is 46.9 Å². The van der Waals surface area contributed by atoms with Crippen molar-refractivity contribution in [2.75, 3.05) is 6.54 Å². The number of carboxylic acid groups (broad SMARTS) is 1. The summed E-state index contributed by atoms with van der Waals surface area (Å²) in [6.07, 6.45) is 0.561. The van der Waals surface area contributed by atoms with E-state index in [1.54, 1.807) is 10.9 Å². The van der Waals surface area contributed by atoms with Crippen LogP contribution in [-0.2, 0) is 39.9 Å². The number of ether oxygens (including phenoxy) is 1. The zero-order valence-corrected chi connectivity index (χ0v) is 21.2. The second kappa shape index (κ2) is 12.6. The van der Waals surface area contributed by atoms with Crippen LogP contribution in [0.5, 0.6) is 0 Å². The smallest absolute Gasteiger partial charge is 0.325 e. The first kappa shape index (κ1) is 28.0. The van der Waals surface area contributed by atoms with Crippen LogP contribution in [0.1, 0.15) is 57.6 Å². The molecule has 202 valence electrons. The summed E-state index contributed by atoms with van der Waals surface area (Å²) in [5.74, 6) is -4.03. The largest absolute Gasteiger partial charge is 0.481 e. The van der Waals surface area contributed by atoms with Crippen molar-refractivity contribution in [1.82, 2.24) is 26.3 Å². The Morgan fingerprint density at radius 1 is 1.16 bits per heavy atom. The number of aromatic nitrogens is 1. The molecule has 0 bridgehead atoms. The molecule has 1 aliphatic carbocycles. The van der Waals surface area contributed by atoms with Gasteiger partial charge in [0.15, 0.2) is 0 Å². The number of thiazole rings is 1. The molecule has 1 aromatic rings. The van der Waals surface area contributed by atoms with E-state index in [1.807, 2.05) is 0 Å². The number of carboxylic acids is 1. The molecular formula is C23H31N5O8S. The summed E-state index contributed by atoms with van der Waals surface area (Å²) in [7, 11) is 0. The van der Waals surface area contributed by atoms with Crippen molar-refractivity contribution < 1.29 is 38.6 Å². The van der Waals surface area contributed by atoms with Gasteiger partial charge in [-0.1, -0.05) is 0 Å². The van der Waals surface area contributed by atoms with Crippen LogP contribution >= 0.6 is 11.3 Å². The quantitative estimate of drug-likeness (QED) is 0.223. The number of carbonyl (C=O) groups excluding carboxylic acids is 5. The maximum Gasteiger partial charge on any atom is 0.325 e. The van der Waals surface area contributed by atoms with Gasteiger partial charge in [-0.25, -0.2) is 4.98 Å². The lowest BCUT2D eigenvalue weighted by atomic mass is 10.1. The van der Waals surface area contributed by atoms with E-state index in [1.165, 1.54) is 18.3 Å². The van der Waals surface area contributed by atoms with Crippen LogP contribution in [-0.4, -0.2) is 75.9 Å². The van der Waals surface area contributed by atoms with Gasteiger partial charge in [-0.15, -0.1) is 11.3 Å². The second-order valence-corrected chi connectivity index (χ2v) is 9.96.